The van der Waals surface area contributed by atoms with E-state index in [2.05, 4.69) is 39.5 Å². The average Bonchev–Trinajstić information content (AvgIpc) is 3.50. The molecule has 1 amide bonds. The predicted molar refractivity (Wildman–Crippen MR) is 126 cm³/mol. The summed E-state index contributed by atoms with van der Waals surface area (Å²) < 4.78 is 4.02. The van der Waals surface area contributed by atoms with Crippen LogP contribution in [-0.4, -0.2) is 49.5 Å². The highest BCUT2D eigenvalue weighted by Gasteiger charge is 2.25. The van der Waals surface area contributed by atoms with Gasteiger partial charge in [-0.2, -0.15) is 10.2 Å². The number of aryl methyl sites for hydroxylation is 2. The molecule has 170 valence electrons. The molecule has 0 aliphatic carbocycles. The number of piperidine rings is 1. The fraction of sp³-hybridized carbons (Fsp3) is 0.480. The summed E-state index contributed by atoms with van der Waals surface area (Å²) in [6.45, 7) is 5.36. The second-order valence-corrected chi connectivity index (χ2v) is 8.72. The Bertz CT molecular complexity index is 944. The standard InChI is InChI=1S/C25H34N6O/c1-21(12-20-30-17-6-15-26-30)29-18-13-23(14-19-29)31-24(11-16-27-31)28-25(32)10-5-9-22-7-3-2-4-8-22/h2-4,6-8,11,15-17,21,23H,5,9-10,12-14,18-20H2,1H3,(H,28,32). The van der Waals surface area contributed by atoms with Gasteiger partial charge < -0.3 is 10.2 Å². The molecule has 3 aromatic rings. The molecule has 7 heteroatoms. The minimum absolute atomic E-state index is 0.0624. The Morgan fingerprint density at radius 2 is 1.91 bits per heavy atom. The van der Waals surface area contributed by atoms with Gasteiger partial charge in [0.25, 0.3) is 0 Å². The second kappa shape index (κ2) is 11.1. The average molecular weight is 435 g/mol. The van der Waals surface area contributed by atoms with Gasteiger partial charge in [0.05, 0.1) is 12.2 Å². The Balaban J connectivity index is 1.21. The summed E-state index contributed by atoms with van der Waals surface area (Å²) in [7, 11) is 0. The van der Waals surface area contributed by atoms with Gasteiger partial charge in [0, 0.05) is 50.6 Å². The van der Waals surface area contributed by atoms with Gasteiger partial charge in [0.1, 0.15) is 5.82 Å². The van der Waals surface area contributed by atoms with E-state index in [0.29, 0.717) is 18.5 Å². The maximum Gasteiger partial charge on any atom is 0.225 e. The van der Waals surface area contributed by atoms with Gasteiger partial charge in [-0.1, -0.05) is 30.3 Å². The number of hydrogen-bond donors (Lipinski definition) is 1. The Kier molecular flexibility index (Phi) is 7.72. The molecule has 1 aliphatic rings. The topological polar surface area (TPSA) is 68.0 Å². The van der Waals surface area contributed by atoms with Crippen molar-refractivity contribution in [1.82, 2.24) is 24.5 Å². The molecule has 1 aromatic carbocycles. The summed E-state index contributed by atoms with van der Waals surface area (Å²) in [5.41, 5.74) is 1.27. The van der Waals surface area contributed by atoms with Crippen molar-refractivity contribution >= 4 is 11.7 Å². The third-order valence-corrected chi connectivity index (χ3v) is 6.45. The van der Waals surface area contributed by atoms with E-state index in [0.717, 1.165) is 57.6 Å². The van der Waals surface area contributed by atoms with Crippen LogP contribution in [0.4, 0.5) is 5.82 Å². The van der Waals surface area contributed by atoms with E-state index in [1.54, 1.807) is 6.20 Å². The number of hydrogen-bond acceptors (Lipinski definition) is 4. The van der Waals surface area contributed by atoms with E-state index in [4.69, 9.17) is 0 Å². The Morgan fingerprint density at radius 1 is 1.09 bits per heavy atom. The third-order valence-electron chi connectivity index (χ3n) is 6.45. The monoisotopic (exact) mass is 434 g/mol. The zero-order valence-electron chi connectivity index (χ0n) is 18.9. The van der Waals surface area contributed by atoms with Crippen LogP contribution in [0.25, 0.3) is 0 Å². The normalized spacial score (nSPS) is 16.2. The highest BCUT2D eigenvalue weighted by atomic mass is 16.1. The number of rotatable bonds is 10. The van der Waals surface area contributed by atoms with Crippen LogP contribution in [0.2, 0.25) is 0 Å². The minimum atomic E-state index is 0.0624. The Morgan fingerprint density at radius 3 is 2.66 bits per heavy atom. The highest BCUT2D eigenvalue weighted by molar-refractivity contribution is 5.89. The molecule has 1 aliphatic heterocycles. The van der Waals surface area contributed by atoms with E-state index in [9.17, 15) is 4.79 Å². The largest absolute Gasteiger partial charge is 0.311 e. The first-order chi connectivity index (χ1) is 15.7. The first-order valence-electron chi connectivity index (χ1n) is 11.8. The van der Waals surface area contributed by atoms with Gasteiger partial charge in [-0.15, -0.1) is 0 Å². The van der Waals surface area contributed by atoms with Crippen LogP contribution < -0.4 is 5.32 Å². The molecule has 0 spiro atoms. The van der Waals surface area contributed by atoms with Crippen molar-refractivity contribution in [3.05, 3.63) is 66.6 Å². The molecule has 1 N–H and O–H groups in total. The van der Waals surface area contributed by atoms with Gasteiger partial charge in [0.2, 0.25) is 5.91 Å². The van der Waals surface area contributed by atoms with Gasteiger partial charge in [-0.25, -0.2) is 4.68 Å². The number of amides is 1. The van der Waals surface area contributed by atoms with E-state index in [1.165, 1.54) is 5.56 Å². The molecule has 7 nitrogen and oxygen atoms in total. The second-order valence-electron chi connectivity index (χ2n) is 8.72. The first-order valence-corrected chi connectivity index (χ1v) is 11.8. The molecule has 1 atom stereocenters. The number of carbonyl (C=O) groups excluding carboxylic acids is 1. The number of likely N-dealkylation sites (tertiary alicyclic amines) is 1. The fourth-order valence-corrected chi connectivity index (χ4v) is 4.51. The van der Waals surface area contributed by atoms with Crippen molar-refractivity contribution in [2.45, 2.75) is 64.1 Å². The molecule has 2 aromatic heterocycles. The van der Waals surface area contributed by atoms with E-state index in [1.807, 2.05) is 52.1 Å². The van der Waals surface area contributed by atoms with Crippen molar-refractivity contribution in [3.8, 4) is 0 Å². The Hall–Kier alpha value is -2.93. The molecule has 1 unspecified atom stereocenters. The lowest BCUT2D eigenvalue weighted by Gasteiger charge is -2.36. The Labute approximate surface area is 190 Å². The van der Waals surface area contributed by atoms with Crippen LogP contribution in [0.3, 0.4) is 0 Å². The molecule has 0 radical (unpaired) electrons. The van der Waals surface area contributed by atoms with Crippen molar-refractivity contribution in [2.24, 2.45) is 0 Å². The summed E-state index contributed by atoms with van der Waals surface area (Å²) in [6.07, 6.45) is 11.1. The summed E-state index contributed by atoms with van der Waals surface area (Å²) in [6, 6.07) is 15.1. The number of nitrogens with zero attached hydrogens (tertiary/aromatic N) is 5. The fourth-order valence-electron chi connectivity index (χ4n) is 4.51. The zero-order valence-corrected chi connectivity index (χ0v) is 18.9. The lowest BCUT2D eigenvalue weighted by Crippen LogP contribution is -2.41. The third kappa shape index (κ3) is 6.07. The number of anilines is 1. The SMILES string of the molecule is CC(CCn1cccn1)N1CCC(n2nccc2NC(=O)CCCc2ccccc2)CC1. The van der Waals surface area contributed by atoms with Crippen molar-refractivity contribution in [1.29, 1.82) is 0 Å². The van der Waals surface area contributed by atoms with Crippen LogP contribution in [-0.2, 0) is 17.8 Å². The maximum absolute atomic E-state index is 12.5. The lowest BCUT2D eigenvalue weighted by atomic mass is 10.0. The quantitative estimate of drug-likeness (QED) is 0.520. The first kappa shape index (κ1) is 22.3. The molecule has 4 rings (SSSR count). The highest BCUT2D eigenvalue weighted by Crippen LogP contribution is 2.27. The molecular formula is C25H34N6O. The number of benzene rings is 1. The van der Waals surface area contributed by atoms with Crippen LogP contribution in [0.5, 0.6) is 0 Å². The van der Waals surface area contributed by atoms with Crippen LogP contribution in [0, 0.1) is 0 Å². The van der Waals surface area contributed by atoms with Crippen molar-refractivity contribution < 1.29 is 4.79 Å². The molecule has 0 bridgehead atoms. The minimum Gasteiger partial charge on any atom is -0.311 e. The van der Waals surface area contributed by atoms with Crippen LogP contribution in [0.1, 0.15) is 50.6 Å². The number of nitrogens with one attached hydrogen (secondary N) is 1. The molecule has 1 fully saturated rings. The summed E-state index contributed by atoms with van der Waals surface area (Å²) in [5, 5.41) is 11.9. The van der Waals surface area contributed by atoms with E-state index < -0.39 is 0 Å². The van der Waals surface area contributed by atoms with Crippen LogP contribution in [0.15, 0.2) is 61.1 Å². The number of carbonyl (C=O) groups is 1. The van der Waals surface area contributed by atoms with Crippen molar-refractivity contribution in [3.63, 3.8) is 0 Å². The van der Waals surface area contributed by atoms with E-state index >= 15 is 0 Å². The zero-order chi connectivity index (χ0) is 22.2. The van der Waals surface area contributed by atoms with Gasteiger partial charge >= 0.3 is 0 Å². The molecule has 3 heterocycles. The summed E-state index contributed by atoms with van der Waals surface area (Å²) >= 11 is 0. The molecule has 0 saturated carbocycles. The summed E-state index contributed by atoms with van der Waals surface area (Å²) in [4.78, 5) is 15.0. The molecule has 32 heavy (non-hydrogen) atoms. The van der Waals surface area contributed by atoms with Crippen LogP contribution >= 0.6 is 0 Å². The summed E-state index contributed by atoms with van der Waals surface area (Å²) in [5.74, 6) is 0.882. The predicted octanol–water partition coefficient (Wildman–Crippen LogP) is 4.16. The van der Waals surface area contributed by atoms with E-state index in [-0.39, 0.29) is 5.91 Å². The molecule has 1 saturated heterocycles. The van der Waals surface area contributed by atoms with Crippen molar-refractivity contribution in [2.75, 3.05) is 18.4 Å². The smallest absolute Gasteiger partial charge is 0.225 e. The molecular weight excluding hydrogens is 400 g/mol. The maximum atomic E-state index is 12.5. The van der Waals surface area contributed by atoms with Gasteiger partial charge in [0.15, 0.2) is 0 Å². The number of aromatic nitrogens is 4. The lowest BCUT2D eigenvalue weighted by molar-refractivity contribution is -0.116. The van der Waals surface area contributed by atoms with Gasteiger partial charge in [-0.3, -0.25) is 9.48 Å². The van der Waals surface area contributed by atoms with Gasteiger partial charge in [-0.05, 0) is 50.7 Å².